The molecule has 0 unspecified atom stereocenters. The third-order valence-electron chi connectivity index (χ3n) is 2.72. The Kier molecular flexibility index (Phi) is 4.31. The van der Waals surface area contributed by atoms with Gasteiger partial charge in [-0.3, -0.25) is 4.79 Å². The number of anilines is 1. The quantitative estimate of drug-likeness (QED) is 0.809. The standard InChI is InChI=1S/C14H18N2OS/c1-3-18-7-6-14(17)16-12-4-5-13-11(9-12)8-10(2)15-13/h4-5,8-9,15H,3,6-7H2,1-2H3,(H,16,17). The van der Waals surface area contributed by atoms with Crippen LogP contribution in [0.25, 0.3) is 10.9 Å². The monoisotopic (exact) mass is 262 g/mol. The third-order valence-corrected chi connectivity index (χ3v) is 3.62. The first-order chi connectivity index (χ1) is 8.69. The highest BCUT2D eigenvalue weighted by Gasteiger charge is 2.04. The highest BCUT2D eigenvalue weighted by molar-refractivity contribution is 7.99. The Morgan fingerprint density at radius 2 is 2.22 bits per heavy atom. The fourth-order valence-corrected chi connectivity index (χ4v) is 2.51. The van der Waals surface area contributed by atoms with Gasteiger partial charge in [0.15, 0.2) is 0 Å². The molecule has 0 saturated heterocycles. The predicted octanol–water partition coefficient (Wildman–Crippen LogP) is 3.56. The molecule has 96 valence electrons. The minimum absolute atomic E-state index is 0.0857. The van der Waals surface area contributed by atoms with Gasteiger partial charge < -0.3 is 10.3 Å². The number of nitrogens with one attached hydrogen (secondary N) is 2. The van der Waals surface area contributed by atoms with Gasteiger partial charge in [0.05, 0.1) is 0 Å². The zero-order valence-electron chi connectivity index (χ0n) is 10.7. The first kappa shape index (κ1) is 13.0. The Hall–Kier alpha value is -1.42. The van der Waals surface area contributed by atoms with Gasteiger partial charge in [-0.15, -0.1) is 0 Å². The molecule has 2 N–H and O–H groups in total. The van der Waals surface area contributed by atoms with E-state index in [-0.39, 0.29) is 5.91 Å². The van der Waals surface area contributed by atoms with E-state index in [1.807, 2.05) is 25.1 Å². The van der Waals surface area contributed by atoms with E-state index in [0.29, 0.717) is 6.42 Å². The molecule has 18 heavy (non-hydrogen) atoms. The van der Waals surface area contributed by atoms with Crippen LogP contribution < -0.4 is 5.32 Å². The van der Waals surface area contributed by atoms with Crippen molar-refractivity contribution in [2.45, 2.75) is 20.3 Å². The zero-order chi connectivity index (χ0) is 13.0. The van der Waals surface area contributed by atoms with E-state index in [1.54, 1.807) is 11.8 Å². The van der Waals surface area contributed by atoms with Gasteiger partial charge in [-0.05, 0) is 36.9 Å². The Labute approximate surface area is 111 Å². The predicted molar refractivity (Wildman–Crippen MR) is 79.3 cm³/mol. The summed E-state index contributed by atoms with van der Waals surface area (Å²) in [6, 6.07) is 8.02. The maximum absolute atomic E-state index is 11.7. The summed E-state index contributed by atoms with van der Waals surface area (Å²) in [4.78, 5) is 15.0. The molecule has 1 amide bonds. The van der Waals surface area contributed by atoms with E-state index in [9.17, 15) is 4.79 Å². The largest absolute Gasteiger partial charge is 0.359 e. The molecule has 2 aromatic rings. The summed E-state index contributed by atoms with van der Waals surface area (Å²) in [6.07, 6.45) is 0.572. The van der Waals surface area contributed by atoms with Crippen molar-refractivity contribution in [3.8, 4) is 0 Å². The van der Waals surface area contributed by atoms with Crippen LogP contribution in [-0.2, 0) is 4.79 Å². The normalized spacial score (nSPS) is 10.8. The van der Waals surface area contributed by atoms with Crippen molar-refractivity contribution in [1.82, 2.24) is 4.98 Å². The second-order valence-electron chi connectivity index (χ2n) is 4.25. The number of carbonyl (C=O) groups excluding carboxylic acids is 1. The first-order valence-corrected chi connectivity index (χ1v) is 7.31. The van der Waals surface area contributed by atoms with Crippen molar-refractivity contribution >= 4 is 34.3 Å². The van der Waals surface area contributed by atoms with E-state index in [0.717, 1.165) is 33.8 Å². The smallest absolute Gasteiger partial charge is 0.225 e. The molecule has 0 atom stereocenters. The average Bonchev–Trinajstić information content (AvgIpc) is 2.69. The van der Waals surface area contributed by atoms with Crippen molar-refractivity contribution in [2.24, 2.45) is 0 Å². The second kappa shape index (κ2) is 5.96. The molecule has 0 bridgehead atoms. The van der Waals surface area contributed by atoms with Gasteiger partial charge in [0.1, 0.15) is 0 Å². The molecular formula is C14H18N2OS. The Bertz CT molecular complexity index is 548. The van der Waals surface area contributed by atoms with Crippen LogP contribution in [0.5, 0.6) is 0 Å². The van der Waals surface area contributed by atoms with Crippen LogP contribution in [0.3, 0.4) is 0 Å². The summed E-state index contributed by atoms with van der Waals surface area (Å²) in [5, 5.41) is 4.07. The van der Waals surface area contributed by atoms with Gasteiger partial charge in [-0.25, -0.2) is 0 Å². The SMILES string of the molecule is CCSCCC(=O)Nc1ccc2[nH]c(C)cc2c1. The lowest BCUT2D eigenvalue weighted by Gasteiger charge is -2.04. The number of aromatic amines is 1. The molecule has 0 fully saturated rings. The van der Waals surface area contributed by atoms with E-state index in [2.05, 4.69) is 23.3 Å². The van der Waals surface area contributed by atoms with Crippen LogP contribution in [0.2, 0.25) is 0 Å². The summed E-state index contributed by atoms with van der Waals surface area (Å²) in [5.41, 5.74) is 3.10. The van der Waals surface area contributed by atoms with Gasteiger partial charge in [0.2, 0.25) is 5.91 Å². The lowest BCUT2D eigenvalue weighted by Crippen LogP contribution is -2.12. The van der Waals surface area contributed by atoms with E-state index in [1.165, 1.54) is 0 Å². The average molecular weight is 262 g/mol. The summed E-state index contributed by atoms with van der Waals surface area (Å²) in [7, 11) is 0. The number of aromatic nitrogens is 1. The molecule has 0 radical (unpaired) electrons. The van der Waals surface area contributed by atoms with Crippen molar-refractivity contribution < 1.29 is 4.79 Å². The van der Waals surface area contributed by atoms with Gasteiger partial charge in [-0.2, -0.15) is 11.8 Å². The molecule has 2 rings (SSSR count). The lowest BCUT2D eigenvalue weighted by atomic mass is 10.2. The number of carbonyl (C=O) groups is 1. The maximum Gasteiger partial charge on any atom is 0.225 e. The Balaban J connectivity index is 2.00. The number of aryl methyl sites for hydroxylation is 1. The summed E-state index contributed by atoms with van der Waals surface area (Å²) in [6.45, 7) is 4.13. The zero-order valence-corrected chi connectivity index (χ0v) is 11.6. The number of hydrogen-bond acceptors (Lipinski definition) is 2. The van der Waals surface area contributed by atoms with Gasteiger partial charge >= 0.3 is 0 Å². The van der Waals surface area contributed by atoms with Gasteiger partial charge in [-0.1, -0.05) is 6.92 Å². The Morgan fingerprint density at radius 1 is 1.39 bits per heavy atom. The van der Waals surface area contributed by atoms with Crippen molar-refractivity contribution in [3.63, 3.8) is 0 Å². The Morgan fingerprint density at radius 3 is 3.00 bits per heavy atom. The molecule has 3 nitrogen and oxygen atoms in total. The molecule has 4 heteroatoms. The number of H-pyrrole nitrogens is 1. The van der Waals surface area contributed by atoms with E-state index < -0.39 is 0 Å². The fraction of sp³-hybridized carbons (Fsp3) is 0.357. The number of benzene rings is 1. The molecule has 0 aliphatic carbocycles. The number of rotatable bonds is 5. The van der Waals surface area contributed by atoms with Crippen LogP contribution >= 0.6 is 11.8 Å². The number of amides is 1. The molecule has 1 aromatic carbocycles. The molecule has 1 aromatic heterocycles. The molecule has 0 spiro atoms. The van der Waals surface area contributed by atoms with E-state index in [4.69, 9.17) is 0 Å². The maximum atomic E-state index is 11.7. The molecule has 0 aliphatic rings. The molecular weight excluding hydrogens is 244 g/mol. The number of hydrogen-bond donors (Lipinski definition) is 2. The molecule has 0 aliphatic heterocycles. The minimum Gasteiger partial charge on any atom is -0.359 e. The van der Waals surface area contributed by atoms with Crippen molar-refractivity contribution in [3.05, 3.63) is 30.0 Å². The minimum atomic E-state index is 0.0857. The fourth-order valence-electron chi connectivity index (χ4n) is 1.89. The van der Waals surface area contributed by atoms with Crippen LogP contribution in [0.15, 0.2) is 24.3 Å². The van der Waals surface area contributed by atoms with Crippen molar-refractivity contribution in [2.75, 3.05) is 16.8 Å². The first-order valence-electron chi connectivity index (χ1n) is 6.16. The topological polar surface area (TPSA) is 44.9 Å². The summed E-state index contributed by atoms with van der Waals surface area (Å²) >= 11 is 1.79. The number of fused-ring (bicyclic) bond motifs is 1. The van der Waals surface area contributed by atoms with Crippen molar-refractivity contribution in [1.29, 1.82) is 0 Å². The van der Waals surface area contributed by atoms with Crippen LogP contribution in [0.4, 0.5) is 5.69 Å². The van der Waals surface area contributed by atoms with Gasteiger partial charge in [0, 0.05) is 34.5 Å². The van der Waals surface area contributed by atoms with E-state index >= 15 is 0 Å². The molecule has 0 saturated carbocycles. The van der Waals surface area contributed by atoms with Crippen LogP contribution in [-0.4, -0.2) is 22.4 Å². The van der Waals surface area contributed by atoms with Crippen LogP contribution in [0.1, 0.15) is 19.0 Å². The highest BCUT2D eigenvalue weighted by Crippen LogP contribution is 2.20. The third kappa shape index (κ3) is 3.29. The lowest BCUT2D eigenvalue weighted by molar-refractivity contribution is -0.115. The van der Waals surface area contributed by atoms with Gasteiger partial charge in [0.25, 0.3) is 0 Å². The summed E-state index contributed by atoms with van der Waals surface area (Å²) < 4.78 is 0. The second-order valence-corrected chi connectivity index (χ2v) is 5.64. The van der Waals surface area contributed by atoms with Crippen LogP contribution in [0, 0.1) is 6.92 Å². The highest BCUT2D eigenvalue weighted by atomic mass is 32.2. The summed E-state index contributed by atoms with van der Waals surface area (Å²) in [5.74, 6) is 2.03. The number of thioether (sulfide) groups is 1. The molecule has 1 heterocycles.